The zero-order chi connectivity index (χ0) is 24.6. The van der Waals surface area contributed by atoms with Gasteiger partial charge in [0.15, 0.2) is 5.69 Å². The normalized spacial score (nSPS) is 11.6. The average molecular weight is 473 g/mol. The highest BCUT2D eigenvalue weighted by atomic mass is 19.4. The minimum absolute atomic E-state index is 0.273. The maximum atomic E-state index is 12.7. The predicted octanol–water partition coefficient (Wildman–Crippen LogP) is 5.02. The lowest BCUT2D eigenvalue weighted by molar-refractivity contribution is -0.141. The molecule has 0 radical (unpaired) electrons. The fourth-order valence-electron chi connectivity index (χ4n) is 3.24. The summed E-state index contributed by atoms with van der Waals surface area (Å²) in [6.07, 6.45) is -0.939. The van der Waals surface area contributed by atoms with Crippen LogP contribution in [0.5, 0.6) is 11.5 Å². The summed E-state index contributed by atoms with van der Waals surface area (Å²) in [4.78, 5) is 12.1. The molecule has 1 N–H and O–H groups in total. The molecule has 1 aromatic heterocycles. The van der Waals surface area contributed by atoms with Gasteiger partial charge in [-0.05, 0) is 55.3 Å². The largest absolute Gasteiger partial charge is 0.496 e. The van der Waals surface area contributed by atoms with Crippen molar-refractivity contribution in [2.45, 2.75) is 32.7 Å². The number of alkyl halides is 3. The van der Waals surface area contributed by atoms with E-state index in [2.05, 4.69) is 10.4 Å². The summed E-state index contributed by atoms with van der Waals surface area (Å²) in [6, 6.07) is 15.9. The molecule has 1 amide bonds. The molecule has 0 aliphatic rings. The molecule has 0 spiro atoms. The van der Waals surface area contributed by atoms with Crippen LogP contribution in [0.1, 0.15) is 28.9 Å². The van der Waals surface area contributed by atoms with E-state index in [4.69, 9.17) is 9.47 Å². The molecule has 0 saturated heterocycles. The first-order valence-corrected chi connectivity index (χ1v) is 10.7. The van der Waals surface area contributed by atoms with Gasteiger partial charge in [-0.15, -0.1) is 0 Å². The van der Waals surface area contributed by atoms with Crippen molar-refractivity contribution in [3.05, 3.63) is 83.2 Å². The van der Waals surface area contributed by atoms with Crippen molar-refractivity contribution in [1.29, 1.82) is 0 Å². The Morgan fingerprint density at radius 1 is 1.15 bits per heavy atom. The zero-order valence-corrected chi connectivity index (χ0v) is 18.9. The summed E-state index contributed by atoms with van der Waals surface area (Å²) in [6.45, 7) is 2.46. The standard InChI is InChI=1S/C25H26F3N3O3/c1-18-15-23(25(26,27)28)30-31(18)14-6-13-29-24(32)12-10-19-9-11-22(33-2)20(16-19)17-34-21-7-4-3-5-8-21/h3-5,7-12,15-16H,6,13-14,17H2,1-2H3,(H,29,32)/b12-10+. The van der Waals surface area contributed by atoms with Gasteiger partial charge in [0, 0.05) is 30.4 Å². The lowest BCUT2D eigenvalue weighted by atomic mass is 10.1. The SMILES string of the molecule is COc1ccc(/C=C/C(=O)NCCCn2nc(C(F)(F)F)cc2C)cc1COc1ccccc1. The highest BCUT2D eigenvalue weighted by molar-refractivity contribution is 5.91. The van der Waals surface area contributed by atoms with Gasteiger partial charge < -0.3 is 14.8 Å². The number of hydrogen-bond acceptors (Lipinski definition) is 4. The second-order valence-electron chi connectivity index (χ2n) is 7.54. The van der Waals surface area contributed by atoms with E-state index in [-0.39, 0.29) is 12.5 Å². The number of nitrogens with zero attached hydrogens (tertiary/aromatic N) is 2. The van der Waals surface area contributed by atoms with Gasteiger partial charge in [-0.1, -0.05) is 24.3 Å². The van der Waals surface area contributed by atoms with Crippen molar-refractivity contribution in [2.24, 2.45) is 0 Å². The molecule has 6 nitrogen and oxygen atoms in total. The second kappa shape index (κ2) is 11.4. The molecule has 0 saturated carbocycles. The summed E-state index contributed by atoms with van der Waals surface area (Å²) in [7, 11) is 1.58. The van der Waals surface area contributed by atoms with Crippen molar-refractivity contribution in [3.63, 3.8) is 0 Å². The van der Waals surface area contributed by atoms with E-state index in [1.807, 2.05) is 48.5 Å². The Bertz CT molecular complexity index is 1130. The molecule has 0 unspecified atom stereocenters. The van der Waals surface area contributed by atoms with E-state index in [1.165, 1.54) is 10.8 Å². The molecule has 180 valence electrons. The van der Waals surface area contributed by atoms with Gasteiger partial charge in [0.05, 0.1) is 7.11 Å². The van der Waals surface area contributed by atoms with Gasteiger partial charge in [-0.25, -0.2) is 0 Å². The van der Waals surface area contributed by atoms with E-state index >= 15 is 0 Å². The molecule has 0 aliphatic carbocycles. The van der Waals surface area contributed by atoms with Gasteiger partial charge in [-0.2, -0.15) is 18.3 Å². The third-order valence-electron chi connectivity index (χ3n) is 4.99. The lowest BCUT2D eigenvalue weighted by Crippen LogP contribution is -2.23. The molecule has 0 aliphatic heterocycles. The van der Waals surface area contributed by atoms with Gasteiger partial charge in [-0.3, -0.25) is 9.48 Å². The molecule has 1 heterocycles. The first-order chi connectivity index (χ1) is 16.3. The van der Waals surface area contributed by atoms with Crippen LogP contribution in [0.3, 0.4) is 0 Å². The van der Waals surface area contributed by atoms with Crippen LogP contribution in [0.25, 0.3) is 6.08 Å². The Morgan fingerprint density at radius 2 is 1.91 bits per heavy atom. The van der Waals surface area contributed by atoms with E-state index in [0.717, 1.165) is 22.9 Å². The summed E-state index contributed by atoms with van der Waals surface area (Å²) >= 11 is 0. The number of benzene rings is 2. The van der Waals surface area contributed by atoms with Crippen molar-refractivity contribution in [1.82, 2.24) is 15.1 Å². The molecule has 0 bridgehead atoms. The van der Waals surface area contributed by atoms with Crippen LogP contribution in [0.15, 0.2) is 60.7 Å². The summed E-state index contributed by atoms with van der Waals surface area (Å²) in [5, 5.41) is 6.30. The van der Waals surface area contributed by atoms with Crippen molar-refractivity contribution >= 4 is 12.0 Å². The Hall–Kier alpha value is -3.75. The number of carbonyl (C=O) groups excluding carboxylic acids is 1. The molecule has 3 aromatic rings. The maximum Gasteiger partial charge on any atom is 0.435 e. The number of hydrogen-bond donors (Lipinski definition) is 1. The van der Waals surface area contributed by atoms with Gasteiger partial charge >= 0.3 is 6.18 Å². The third kappa shape index (κ3) is 7.13. The number of carbonyl (C=O) groups is 1. The number of aromatic nitrogens is 2. The minimum atomic E-state index is -4.47. The van der Waals surface area contributed by atoms with E-state index < -0.39 is 11.9 Å². The predicted molar refractivity (Wildman–Crippen MR) is 122 cm³/mol. The van der Waals surface area contributed by atoms with Crippen LogP contribution in [-0.4, -0.2) is 29.3 Å². The average Bonchev–Trinajstić information content (AvgIpc) is 3.21. The van der Waals surface area contributed by atoms with Gasteiger partial charge in [0.25, 0.3) is 0 Å². The topological polar surface area (TPSA) is 65.4 Å². The van der Waals surface area contributed by atoms with Crippen LogP contribution >= 0.6 is 0 Å². The second-order valence-corrected chi connectivity index (χ2v) is 7.54. The summed E-state index contributed by atoms with van der Waals surface area (Å²) in [5.74, 6) is 1.12. The van der Waals surface area contributed by atoms with Crippen LogP contribution in [0.4, 0.5) is 13.2 Å². The first kappa shape index (κ1) is 24.9. The first-order valence-electron chi connectivity index (χ1n) is 10.7. The van der Waals surface area contributed by atoms with Crippen molar-refractivity contribution in [3.8, 4) is 11.5 Å². The van der Waals surface area contributed by atoms with Crippen LogP contribution in [0.2, 0.25) is 0 Å². The van der Waals surface area contributed by atoms with Crippen molar-refractivity contribution < 1.29 is 27.4 Å². The third-order valence-corrected chi connectivity index (χ3v) is 4.99. The van der Waals surface area contributed by atoms with E-state index in [1.54, 1.807) is 20.1 Å². The Labute approximate surface area is 196 Å². The molecule has 0 atom stereocenters. The Kier molecular flexibility index (Phi) is 8.34. The van der Waals surface area contributed by atoms with Crippen LogP contribution in [-0.2, 0) is 24.1 Å². The number of halogens is 3. The lowest BCUT2D eigenvalue weighted by Gasteiger charge is -2.11. The van der Waals surface area contributed by atoms with E-state index in [9.17, 15) is 18.0 Å². The number of amides is 1. The number of nitrogens with one attached hydrogen (secondary N) is 1. The number of ether oxygens (including phenoxy) is 2. The highest BCUT2D eigenvalue weighted by Gasteiger charge is 2.34. The van der Waals surface area contributed by atoms with Gasteiger partial charge in [0.2, 0.25) is 5.91 Å². The molecular weight excluding hydrogens is 447 g/mol. The monoisotopic (exact) mass is 473 g/mol. The Morgan fingerprint density at radius 3 is 2.59 bits per heavy atom. The fourth-order valence-corrected chi connectivity index (χ4v) is 3.24. The molecule has 34 heavy (non-hydrogen) atoms. The van der Waals surface area contributed by atoms with E-state index in [0.29, 0.717) is 31.0 Å². The smallest absolute Gasteiger partial charge is 0.435 e. The summed E-state index contributed by atoms with van der Waals surface area (Å²) in [5.41, 5.74) is 1.14. The van der Waals surface area contributed by atoms with Crippen molar-refractivity contribution in [2.75, 3.05) is 13.7 Å². The number of para-hydroxylation sites is 1. The minimum Gasteiger partial charge on any atom is -0.496 e. The molecule has 0 fully saturated rings. The highest BCUT2D eigenvalue weighted by Crippen LogP contribution is 2.28. The van der Waals surface area contributed by atoms with Crippen LogP contribution < -0.4 is 14.8 Å². The number of aryl methyl sites for hydroxylation is 2. The fraction of sp³-hybridized carbons (Fsp3) is 0.280. The van der Waals surface area contributed by atoms with Gasteiger partial charge in [0.1, 0.15) is 18.1 Å². The molecular formula is C25H26F3N3O3. The Balaban J connectivity index is 1.50. The number of methoxy groups -OCH3 is 1. The van der Waals surface area contributed by atoms with Crippen LogP contribution in [0, 0.1) is 6.92 Å². The molecule has 9 heteroatoms. The number of rotatable bonds is 10. The molecule has 3 rings (SSSR count). The summed E-state index contributed by atoms with van der Waals surface area (Å²) < 4.78 is 50.7. The zero-order valence-electron chi connectivity index (χ0n) is 18.9. The quantitative estimate of drug-likeness (QED) is 0.332. The maximum absolute atomic E-state index is 12.7. The molecule has 2 aromatic carbocycles.